The molecule has 0 radical (unpaired) electrons. The molecule has 37 heavy (non-hydrogen) atoms. The highest BCUT2D eigenvalue weighted by molar-refractivity contribution is 5.71. The summed E-state index contributed by atoms with van der Waals surface area (Å²) < 4.78 is 97.1. The third-order valence-electron chi connectivity index (χ3n) is 7.42. The maximum absolute atomic E-state index is 15.0. The molecule has 0 bridgehead atoms. The molecular formula is C30H29F7. The van der Waals surface area contributed by atoms with Gasteiger partial charge in [0, 0.05) is 17.9 Å². The third kappa shape index (κ3) is 6.36. The van der Waals surface area contributed by atoms with Crippen LogP contribution in [0.3, 0.4) is 0 Å². The Hall–Kier alpha value is -2.83. The van der Waals surface area contributed by atoms with Gasteiger partial charge in [-0.1, -0.05) is 62.2 Å². The van der Waals surface area contributed by atoms with Crippen LogP contribution in [0.4, 0.5) is 30.7 Å². The highest BCUT2D eigenvalue weighted by Crippen LogP contribution is 2.42. The molecular weight excluding hydrogens is 493 g/mol. The first kappa shape index (κ1) is 27.2. The van der Waals surface area contributed by atoms with Gasteiger partial charge in [0.2, 0.25) is 0 Å². The van der Waals surface area contributed by atoms with Crippen LogP contribution in [0.25, 0.3) is 22.3 Å². The van der Waals surface area contributed by atoms with Gasteiger partial charge in [0.05, 0.1) is 5.56 Å². The smallest absolute Gasteiger partial charge is 0.206 e. The van der Waals surface area contributed by atoms with E-state index in [-0.39, 0.29) is 17.5 Å². The first-order valence-corrected chi connectivity index (χ1v) is 12.6. The largest absolute Gasteiger partial charge is 0.419 e. The molecule has 1 aliphatic rings. The van der Waals surface area contributed by atoms with Crippen LogP contribution in [0, 0.1) is 23.5 Å². The van der Waals surface area contributed by atoms with Gasteiger partial charge < -0.3 is 0 Å². The summed E-state index contributed by atoms with van der Waals surface area (Å²) in [6, 6.07) is 12.9. The first-order chi connectivity index (χ1) is 17.5. The van der Waals surface area contributed by atoms with Crippen molar-refractivity contribution in [3.63, 3.8) is 0 Å². The normalized spacial score (nSPS) is 18.7. The van der Waals surface area contributed by atoms with E-state index in [9.17, 15) is 30.7 Å². The van der Waals surface area contributed by atoms with Gasteiger partial charge >= 0.3 is 6.18 Å². The van der Waals surface area contributed by atoms with Crippen molar-refractivity contribution in [2.45, 2.75) is 64.0 Å². The molecule has 7 heteroatoms. The molecule has 3 aromatic rings. The minimum Gasteiger partial charge on any atom is -0.206 e. The van der Waals surface area contributed by atoms with Crippen molar-refractivity contribution in [3.8, 4) is 22.3 Å². The van der Waals surface area contributed by atoms with Crippen LogP contribution in [-0.2, 0) is 12.6 Å². The Morgan fingerprint density at radius 3 is 1.86 bits per heavy atom. The third-order valence-corrected chi connectivity index (χ3v) is 7.42. The maximum atomic E-state index is 15.0. The van der Waals surface area contributed by atoms with Crippen molar-refractivity contribution < 1.29 is 30.7 Å². The molecule has 198 valence electrons. The fourth-order valence-corrected chi connectivity index (χ4v) is 5.35. The molecule has 0 heterocycles. The van der Waals surface area contributed by atoms with Crippen LogP contribution in [0.1, 0.15) is 56.6 Å². The topological polar surface area (TPSA) is 0 Å². The number of halogens is 7. The zero-order chi connectivity index (χ0) is 26.8. The van der Waals surface area contributed by atoms with Gasteiger partial charge in [-0.2, -0.15) is 13.2 Å². The molecule has 0 N–H and O–H groups in total. The fraction of sp³-hybridized carbons (Fsp3) is 0.400. The molecule has 0 atom stereocenters. The van der Waals surface area contributed by atoms with E-state index < -0.39 is 35.2 Å². The van der Waals surface area contributed by atoms with Crippen LogP contribution >= 0.6 is 0 Å². The lowest BCUT2D eigenvalue weighted by Crippen LogP contribution is -2.34. The minimum absolute atomic E-state index is 0.0177. The Bertz CT molecular complexity index is 1200. The summed E-state index contributed by atoms with van der Waals surface area (Å²) >= 11 is 0. The van der Waals surface area contributed by atoms with Crippen LogP contribution in [0.5, 0.6) is 0 Å². The van der Waals surface area contributed by atoms with Gasteiger partial charge in [0.15, 0.2) is 0 Å². The summed E-state index contributed by atoms with van der Waals surface area (Å²) in [6.45, 7) is 2.12. The van der Waals surface area contributed by atoms with E-state index in [2.05, 4.69) is 6.92 Å². The summed E-state index contributed by atoms with van der Waals surface area (Å²) in [7, 11) is 0. The van der Waals surface area contributed by atoms with E-state index in [1.54, 1.807) is 30.3 Å². The molecule has 4 rings (SSSR count). The number of hydrogen-bond donors (Lipinski definition) is 0. The summed E-state index contributed by atoms with van der Waals surface area (Å²) in [5, 5.41) is 0. The van der Waals surface area contributed by atoms with Gasteiger partial charge in [-0.25, -0.2) is 17.6 Å². The van der Waals surface area contributed by atoms with Gasteiger partial charge in [-0.3, -0.25) is 0 Å². The standard InChI is InChI=1S/C30H29F7/c1-2-3-19-6-12-24(13-7-19)29(33,34)18-20-4-8-21(9-5-20)22-10-14-25(27(31)16-22)23-11-15-26(28(32)17-23)30(35,36)37/h4-5,8-11,14-17,19,24H,2-3,6-7,12-13,18H2,1H3. The van der Waals surface area contributed by atoms with Gasteiger partial charge in [-0.15, -0.1) is 0 Å². The molecule has 1 fully saturated rings. The van der Waals surface area contributed by atoms with Crippen molar-refractivity contribution in [2.24, 2.45) is 11.8 Å². The minimum atomic E-state index is -4.84. The lowest BCUT2D eigenvalue weighted by molar-refractivity contribution is -0.139. The number of alkyl halides is 5. The highest BCUT2D eigenvalue weighted by Gasteiger charge is 2.41. The Kier molecular flexibility index (Phi) is 8.00. The second kappa shape index (κ2) is 10.9. The summed E-state index contributed by atoms with van der Waals surface area (Å²) in [6.07, 6.45) is -0.199. The SMILES string of the molecule is CCCC1CCC(C(F)(F)Cc2ccc(-c3ccc(-c4ccc(C(F)(F)F)c(F)c4)c(F)c3)cc2)CC1. The van der Waals surface area contributed by atoms with Crippen molar-refractivity contribution in [1.29, 1.82) is 0 Å². The number of rotatable bonds is 7. The average Bonchev–Trinajstić information content (AvgIpc) is 2.84. The molecule has 0 aliphatic heterocycles. The van der Waals surface area contributed by atoms with E-state index in [4.69, 9.17) is 0 Å². The molecule has 1 aliphatic carbocycles. The Labute approximate surface area is 212 Å². The number of benzene rings is 3. The van der Waals surface area contributed by atoms with E-state index in [1.165, 1.54) is 12.1 Å². The van der Waals surface area contributed by atoms with E-state index >= 15 is 0 Å². The van der Waals surface area contributed by atoms with E-state index in [1.807, 2.05) is 0 Å². The van der Waals surface area contributed by atoms with Crippen molar-refractivity contribution in [2.75, 3.05) is 0 Å². The Balaban J connectivity index is 1.45. The van der Waals surface area contributed by atoms with Crippen molar-refractivity contribution >= 4 is 0 Å². The summed E-state index contributed by atoms with van der Waals surface area (Å²) in [4.78, 5) is 0. The zero-order valence-corrected chi connectivity index (χ0v) is 20.5. The molecule has 0 saturated heterocycles. The van der Waals surface area contributed by atoms with Crippen LogP contribution in [0.2, 0.25) is 0 Å². The van der Waals surface area contributed by atoms with Gasteiger partial charge in [-0.05, 0) is 72.1 Å². The second-order valence-corrected chi connectivity index (χ2v) is 10.0. The van der Waals surface area contributed by atoms with Crippen LogP contribution < -0.4 is 0 Å². The van der Waals surface area contributed by atoms with Crippen molar-refractivity contribution in [1.82, 2.24) is 0 Å². The lowest BCUT2D eigenvalue weighted by Gasteiger charge is -2.33. The summed E-state index contributed by atoms with van der Waals surface area (Å²) in [5.41, 5.74) is 0.111. The highest BCUT2D eigenvalue weighted by atomic mass is 19.4. The fourth-order valence-electron chi connectivity index (χ4n) is 5.35. The first-order valence-electron chi connectivity index (χ1n) is 12.6. The average molecular weight is 523 g/mol. The van der Waals surface area contributed by atoms with Gasteiger partial charge in [0.25, 0.3) is 5.92 Å². The van der Waals surface area contributed by atoms with Crippen LogP contribution in [0.15, 0.2) is 60.7 Å². The Morgan fingerprint density at radius 2 is 1.30 bits per heavy atom. The zero-order valence-electron chi connectivity index (χ0n) is 20.5. The maximum Gasteiger partial charge on any atom is 0.419 e. The molecule has 0 unspecified atom stereocenters. The molecule has 3 aromatic carbocycles. The molecule has 0 aromatic heterocycles. The molecule has 0 amide bonds. The van der Waals surface area contributed by atoms with Crippen molar-refractivity contribution in [3.05, 3.63) is 83.4 Å². The molecule has 0 nitrogen and oxygen atoms in total. The monoisotopic (exact) mass is 522 g/mol. The second-order valence-electron chi connectivity index (χ2n) is 10.0. The molecule has 0 spiro atoms. The Morgan fingerprint density at radius 1 is 0.703 bits per heavy atom. The predicted molar refractivity (Wildman–Crippen MR) is 131 cm³/mol. The van der Waals surface area contributed by atoms with Crippen LogP contribution in [-0.4, -0.2) is 5.92 Å². The number of hydrogen-bond acceptors (Lipinski definition) is 0. The van der Waals surface area contributed by atoms with Gasteiger partial charge in [0.1, 0.15) is 11.6 Å². The quantitative estimate of drug-likeness (QED) is 0.271. The van der Waals surface area contributed by atoms with E-state index in [0.717, 1.165) is 31.7 Å². The van der Waals surface area contributed by atoms with E-state index in [0.29, 0.717) is 47.6 Å². The molecule has 1 saturated carbocycles. The summed E-state index contributed by atoms with van der Waals surface area (Å²) in [5.74, 6) is -5.05. The lowest BCUT2D eigenvalue weighted by atomic mass is 9.76. The predicted octanol–water partition coefficient (Wildman–Crippen LogP) is 10.1.